The van der Waals surface area contributed by atoms with Crippen LogP contribution in [0.15, 0.2) is 83.9 Å². The molecular formula is C26H22ClN3OS. The minimum absolute atomic E-state index is 0.0768. The van der Waals surface area contributed by atoms with Gasteiger partial charge in [0.05, 0.1) is 4.91 Å². The summed E-state index contributed by atoms with van der Waals surface area (Å²) in [6.07, 6.45) is 4.11. The molecule has 1 unspecified atom stereocenters. The molecule has 0 spiro atoms. The molecule has 1 amide bonds. The van der Waals surface area contributed by atoms with E-state index in [2.05, 4.69) is 57.8 Å². The van der Waals surface area contributed by atoms with Crippen LogP contribution in [0.3, 0.4) is 0 Å². The first-order valence-electron chi connectivity index (χ1n) is 10.4. The second kappa shape index (κ2) is 8.77. The molecule has 3 aromatic carbocycles. The molecule has 1 fully saturated rings. The van der Waals surface area contributed by atoms with Crippen LogP contribution in [-0.4, -0.2) is 16.0 Å². The highest BCUT2D eigenvalue weighted by atomic mass is 35.5. The van der Waals surface area contributed by atoms with Crippen molar-refractivity contribution >= 4 is 51.9 Å². The quantitative estimate of drug-likeness (QED) is 0.347. The van der Waals surface area contributed by atoms with Gasteiger partial charge >= 0.3 is 0 Å². The number of para-hydroxylation sites is 1. The summed E-state index contributed by atoms with van der Waals surface area (Å²) in [5.74, 6) is -0.0768. The van der Waals surface area contributed by atoms with Crippen LogP contribution in [0.1, 0.15) is 16.7 Å². The molecule has 0 bridgehead atoms. The van der Waals surface area contributed by atoms with Crippen LogP contribution in [0.2, 0.25) is 5.02 Å². The molecule has 0 saturated carbocycles. The number of rotatable bonds is 5. The number of anilines is 1. The van der Waals surface area contributed by atoms with Gasteiger partial charge in [-0.05, 0) is 42.3 Å². The van der Waals surface area contributed by atoms with Crippen LogP contribution in [-0.2, 0) is 11.3 Å². The maximum absolute atomic E-state index is 12.7. The number of nitrogens with zero attached hydrogens (tertiary/aromatic N) is 1. The van der Waals surface area contributed by atoms with Gasteiger partial charge in [0.2, 0.25) is 0 Å². The maximum atomic E-state index is 12.7. The lowest BCUT2D eigenvalue weighted by atomic mass is 10.1. The van der Waals surface area contributed by atoms with E-state index in [0.717, 1.165) is 34.3 Å². The van der Waals surface area contributed by atoms with Crippen molar-refractivity contribution in [3.8, 4) is 0 Å². The van der Waals surface area contributed by atoms with Crippen molar-refractivity contribution in [2.75, 3.05) is 5.32 Å². The van der Waals surface area contributed by atoms with Gasteiger partial charge in [-0.1, -0.05) is 78.0 Å². The number of carbonyl (C=O) groups excluding carboxylic acids is 1. The number of nitrogens with one attached hydrogen (secondary N) is 2. The molecule has 2 heterocycles. The van der Waals surface area contributed by atoms with Gasteiger partial charge in [-0.15, -0.1) is 0 Å². The summed E-state index contributed by atoms with van der Waals surface area (Å²) in [4.78, 5) is 13.4. The van der Waals surface area contributed by atoms with E-state index in [0.29, 0.717) is 9.93 Å². The number of aromatic nitrogens is 1. The number of carbonyl (C=O) groups is 1. The van der Waals surface area contributed by atoms with Gasteiger partial charge in [-0.2, -0.15) is 0 Å². The largest absolute Gasteiger partial charge is 0.356 e. The lowest BCUT2D eigenvalue weighted by Gasteiger charge is -2.15. The van der Waals surface area contributed by atoms with Crippen LogP contribution >= 0.6 is 23.4 Å². The van der Waals surface area contributed by atoms with E-state index in [1.54, 1.807) is 0 Å². The smallest absolute Gasteiger partial charge is 0.260 e. The zero-order valence-electron chi connectivity index (χ0n) is 17.5. The molecule has 32 heavy (non-hydrogen) atoms. The van der Waals surface area contributed by atoms with Gasteiger partial charge < -0.3 is 15.2 Å². The number of hydrogen-bond acceptors (Lipinski definition) is 3. The molecule has 1 saturated heterocycles. The highest BCUT2D eigenvalue weighted by Crippen LogP contribution is 2.33. The standard InChI is InChI=1S/C26H22ClN3OS/c1-17-11-12-20(27)14-22(17)28-26-29-25(31)24(32-26)13-19-16-30(15-18-7-3-2-4-8-18)23-10-6-5-9-21(19)23/h2-14,16,26,28H,15H2,1H3,(H,29,31)/b24-13-. The second-order valence-electron chi connectivity index (χ2n) is 7.80. The van der Waals surface area contributed by atoms with E-state index in [4.69, 9.17) is 11.6 Å². The maximum Gasteiger partial charge on any atom is 0.260 e. The first-order valence-corrected chi connectivity index (χ1v) is 11.7. The molecule has 5 rings (SSSR count). The Kier molecular flexibility index (Phi) is 5.68. The molecule has 4 nitrogen and oxygen atoms in total. The van der Waals surface area contributed by atoms with E-state index < -0.39 is 0 Å². The Morgan fingerprint density at radius 3 is 2.72 bits per heavy atom. The van der Waals surface area contributed by atoms with Crippen LogP contribution in [0.25, 0.3) is 17.0 Å². The third-order valence-corrected chi connectivity index (χ3v) is 6.78. The van der Waals surface area contributed by atoms with Crippen LogP contribution in [0, 0.1) is 6.92 Å². The fraction of sp³-hybridized carbons (Fsp3) is 0.115. The van der Waals surface area contributed by atoms with E-state index in [9.17, 15) is 4.79 Å². The summed E-state index contributed by atoms with van der Waals surface area (Å²) in [6.45, 7) is 2.79. The number of halogens is 1. The fourth-order valence-corrected chi connectivity index (χ4v) is 5.04. The topological polar surface area (TPSA) is 46.1 Å². The summed E-state index contributed by atoms with van der Waals surface area (Å²) in [6, 6.07) is 24.4. The Morgan fingerprint density at radius 1 is 1.09 bits per heavy atom. The third-order valence-electron chi connectivity index (χ3n) is 5.52. The van der Waals surface area contributed by atoms with Crippen molar-refractivity contribution in [1.82, 2.24) is 9.88 Å². The summed E-state index contributed by atoms with van der Waals surface area (Å²) in [5.41, 5.74) is 5.16. The van der Waals surface area contributed by atoms with Crippen molar-refractivity contribution in [1.29, 1.82) is 0 Å². The number of benzene rings is 3. The van der Waals surface area contributed by atoms with Crippen molar-refractivity contribution in [2.45, 2.75) is 19.0 Å². The molecule has 1 aromatic heterocycles. The Labute approximate surface area is 196 Å². The van der Waals surface area contributed by atoms with Gasteiger partial charge in [-0.25, -0.2) is 0 Å². The predicted octanol–water partition coefficient (Wildman–Crippen LogP) is 6.25. The zero-order valence-corrected chi connectivity index (χ0v) is 19.1. The summed E-state index contributed by atoms with van der Waals surface area (Å²) in [7, 11) is 0. The van der Waals surface area contributed by atoms with Gasteiger partial charge in [0, 0.05) is 39.9 Å². The third kappa shape index (κ3) is 4.27. The van der Waals surface area contributed by atoms with Crippen molar-refractivity contribution in [2.24, 2.45) is 0 Å². The Bertz CT molecular complexity index is 1330. The first-order chi connectivity index (χ1) is 15.6. The molecule has 1 atom stereocenters. The first kappa shape index (κ1) is 20.7. The van der Waals surface area contributed by atoms with Gasteiger partial charge in [-0.3, -0.25) is 4.79 Å². The van der Waals surface area contributed by atoms with Crippen molar-refractivity contribution in [3.63, 3.8) is 0 Å². The number of hydrogen-bond donors (Lipinski definition) is 2. The van der Waals surface area contributed by atoms with Crippen molar-refractivity contribution in [3.05, 3.63) is 106 Å². The zero-order chi connectivity index (χ0) is 22.1. The Hall–Kier alpha value is -3.15. The van der Waals surface area contributed by atoms with Gasteiger partial charge in [0.15, 0.2) is 5.50 Å². The fourth-order valence-electron chi connectivity index (χ4n) is 3.90. The molecule has 6 heteroatoms. The van der Waals surface area contributed by atoms with Crippen molar-refractivity contribution < 1.29 is 4.79 Å². The predicted molar refractivity (Wildman–Crippen MR) is 135 cm³/mol. The molecule has 4 aromatic rings. The average molecular weight is 460 g/mol. The summed E-state index contributed by atoms with van der Waals surface area (Å²) >= 11 is 7.62. The summed E-state index contributed by atoms with van der Waals surface area (Å²) < 4.78 is 2.24. The van der Waals surface area contributed by atoms with E-state index in [-0.39, 0.29) is 11.4 Å². The molecule has 1 aliphatic heterocycles. The lowest BCUT2D eigenvalue weighted by molar-refractivity contribution is -0.116. The molecule has 1 aliphatic rings. The Balaban J connectivity index is 1.42. The molecule has 2 N–H and O–H groups in total. The van der Waals surface area contributed by atoms with E-state index >= 15 is 0 Å². The van der Waals surface area contributed by atoms with Gasteiger partial charge in [0.25, 0.3) is 5.91 Å². The van der Waals surface area contributed by atoms with Crippen LogP contribution < -0.4 is 10.6 Å². The van der Waals surface area contributed by atoms with Gasteiger partial charge in [0.1, 0.15) is 0 Å². The SMILES string of the molecule is Cc1ccc(Cl)cc1NC1NC(=O)/C(=C/c2cn(Cc3ccccc3)c3ccccc23)S1. The van der Waals surface area contributed by atoms with E-state index in [1.807, 2.05) is 49.4 Å². The molecule has 0 radical (unpaired) electrons. The monoisotopic (exact) mass is 459 g/mol. The molecule has 0 aliphatic carbocycles. The normalized spacial score (nSPS) is 17.1. The number of amides is 1. The molecule has 160 valence electrons. The molecular weight excluding hydrogens is 438 g/mol. The van der Waals surface area contributed by atoms with Crippen LogP contribution in [0.4, 0.5) is 5.69 Å². The number of aryl methyl sites for hydroxylation is 1. The minimum Gasteiger partial charge on any atom is -0.356 e. The second-order valence-corrected chi connectivity index (χ2v) is 9.38. The highest BCUT2D eigenvalue weighted by Gasteiger charge is 2.28. The van der Waals surface area contributed by atoms with E-state index in [1.165, 1.54) is 17.3 Å². The minimum atomic E-state index is -0.247. The number of thioether (sulfide) groups is 1. The average Bonchev–Trinajstić information content (AvgIpc) is 3.31. The van der Waals surface area contributed by atoms with Crippen LogP contribution in [0.5, 0.6) is 0 Å². The highest BCUT2D eigenvalue weighted by molar-refractivity contribution is 8.05. The lowest BCUT2D eigenvalue weighted by Crippen LogP contribution is -2.31. The Morgan fingerprint density at radius 2 is 1.88 bits per heavy atom. The summed E-state index contributed by atoms with van der Waals surface area (Å²) in [5, 5.41) is 8.17. The number of fused-ring (bicyclic) bond motifs is 1.